The van der Waals surface area contributed by atoms with Gasteiger partial charge < -0.3 is 15.0 Å². The highest BCUT2D eigenvalue weighted by molar-refractivity contribution is 7.94. The summed E-state index contributed by atoms with van der Waals surface area (Å²) in [5.41, 5.74) is 2.60. The molecule has 2 aromatic carbocycles. The number of ether oxygens (including phenoxy) is 1. The Balaban J connectivity index is 1.66. The highest BCUT2D eigenvalue weighted by Gasteiger charge is 2.29. The number of carbonyl (C=O) groups is 2. The number of amides is 2. The SMILES string of the molecule is COOSc1ccc(Oc2cc(C(=O)Nc3ccc(C)cn3)cc3c2CCN(CC(C)C)C3=O)cc1. The zero-order valence-electron chi connectivity index (χ0n) is 20.7. The lowest BCUT2D eigenvalue weighted by Gasteiger charge is -2.31. The van der Waals surface area contributed by atoms with Crippen molar-refractivity contribution in [1.29, 1.82) is 0 Å². The summed E-state index contributed by atoms with van der Waals surface area (Å²) in [5, 5.41) is 2.81. The molecule has 1 aliphatic heterocycles. The lowest BCUT2D eigenvalue weighted by Crippen LogP contribution is -2.40. The number of rotatable bonds is 9. The van der Waals surface area contributed by atoms with Gasteiger partial charge in [-0.2, -0.15) is 4.33 Å². The van der Waals surface area contributed by atoms with E-state index in [1.165, 1.54) is 7.11 Å². The van der Waals surface area contributed by atoms with Gasteiger partial charge in [0.25, 0.3) is 11.8 Å². The third-order valence-corrected chi connectivity index (χ3v) is 6.28. The molecule has 0 bridgehead atoms. The molecule has 8 nitrogen and oxygen atoms in total. The smallest absolute Gasteiger partial charge is 0.256 e. The first-order valence-electron chi connectivity index (χ1n) is 11.7. The summed E-state index contributed by atoms with van der Waals surface area (Å²) in [6, 6.07) is 14.2. The summed E-state index contributed by atoms with van der Waals surface area (Å²) >= 11 is 1.08. The lowest BCUT2D eigenvalue weighted by molar-refractivity contribution is -0.160. The predicted molar refractivity (Wildman–Crippen MR) is 138 cm³/mol. The minimum Gasteiger partial charge on any atom is -0.457 e. The molecule has 3 aromatic rings. The number of nitrogens with zero attached hydrogens (tertiary/aromatic N) is 2. The molecule has 0 saturated carbocycles. The highest BCUT2D eigenvalue weighted by Crippen LogP contribution is 2.34. The van der Waals surface area contributed by atoms with E-state index in [9.17, 15) is 9.59 Å². The minimum atomic E-state index is -0.365. The summed E-state index contributed by atoms with van der Waals surface area (Å²) in [4.78, 5) is 38.0. The number of anilines is 1. The van der Waals surface area contributed by atoms with Crippen LogP contribution in [0.5, 0.6) is 11.5 Å². The van der Waals surface area contributed by atoms with Gasteiger partial charge in [-0.1, -0.05) is 19.9 Å². The molecule has 1 N–H and O–H groups in total. The Morgan fingerprint density at radius 3 is 2.61 bits per heavy atom. The molecule has 2 amide bonds. The van der Waals surface area contributed by atoms with Crippen LogP contribution in [0.25, 0.3) is 0 Å². The van der Waals surface area contributed by atoms with E-state index in [0.717, 1.165) is 28.1 Å². The molecule has 9 heteroatoms. The van der Waals surface area contributed by atoms with E-state index in [4.69, 9.17) is 9.07 Å². The van der Waals surface area contributed by atoms with Crippen LogP contribution < -0.4 is 10.1 Å². The third-order valence-electron chi connectivity index (χ3n) is 5.61. The van der Waals surface area contributed by atoms with Crippen molar-refractivity contribution in [1.82, 2.24) is 9.88 Å². The first kappa shape index (κ1) is 25.7. The quantitative estimate of drug-likeness (QED) is 0.227. The summed E-state index contributed by atoms with van der Waals surface area (Å²) in [6.45, 7) is 7.34. The zero-order chi connectivity index (χ0) is 25.7. The molecule has 0 radical (unpaired) electrons. The molecule has 0 unspecified atom stereocenters. The number of pyridine rings is 1. The van der Waals surface area contributed by atoms with Crippen LogP contribution in [0, 0.1) is 12.8 Å². The molecular weight excluding hydrogens is 478 g/mol. The second kappa shape index (κ2) is 11.6. The van der Waals surface area contributed by atoms with Crippen LogP contribution in [0.15, 0.2) is 59.6 Å². The van der Waals surface area contributed by atoms with E-state index in [-0.39, 0.29) is 11.8 Å². The lowest BCUT2D eigenvalue weighted by atomic mass is 9.94. The zero-order valence-corrected chi connectivity index (χ0v) is 21.6. The molecule has 0 saturated heterocycles. The van der Waals surface area contributed by atoms with E-state index in [1.54, 1.807) is 36.5 Å². The number of carbonyl (C=O) groups excluding carboxylic acids is 2. The van der Waals surface area contributed by atoms with Gasteiger partial charge in [0.1, 0.15) is 17.3 Å². The van der Waals surface area contributed by atoms with E-state index in [1.807, 2.05) is 30.0 Å². The van der Waals surface area contributed by atoms with Crippen molar-refractivity contribution >= 4 is 29.7 Å². The Morgan fingerprint density at radius 2 is 1.94 bits per heavy atom. The number of fused-ring (bicyclic) bond motifs is 1. The minimum absolute atomic E-state index is 0.0960. The van der Waals surface area contributed by atoms with E-state index in [2.05, 4.69) is 29.0 Å². The fraction of sp³-hybridized carbons (Fsp3) is 0.296. The van der Waals surface area contributed by atoms with E-state index in [0.29, 0.717) is 53.9 Å². The van der Waals surface area contributed by atoms with Crippen LogP contribution in [0.4, 0.5) is 5.82 Å². The maximum atomic E-state index is 13.4. The number of aromatic nitrogens is 1. The Morgan fingerprint density at radius 1 is 1.17 bits per heavy atom. The van der Waals surface area contributed by atoms with Crippen LogP contribution in [0.3, 0.4) is 0 Å². The Bertz CT molecular complexity index is 1230. The molecule has 36 heavy (non-hydrogen) atoms. The van der Waals surface area contributed by atoms with Crippen LogP contribution >= 0.6 is 12.0 Å². The molecule has 1 aliphatic rings. The third kappa shape index (κ3) is 6.23. The van der Waals surface area contributed by atoms with Crippen molar-refractivity contribution in [2.24, 2.45) is 5.92 Å². The van der Waals surface area contributed by atoms with Gasteiger partial charge >= 0.3 is 0 Å². The average molecular weight is 508 g/mol. The van der Waals surface area contributed by atoms with Gasteiger partial charge in [-0.3, -0.25) is 9.59 Å². The van der Waals surface area contributed by atoms with Gasteiger partial charge in [0.2, 0.25) is 0 Å². The molecule has 0 fully saturated rings. The summed E-state index contributed by atoms with van der Waals surface area (Å²) in [7, 11) is 1.44. The molecule has 0 spiro atoms. The Labute approximate surface area is 215 Å². The normalized spacial score (nSPS) is 13.0. The first-order chi connectivity index (χ1) is 17.3. The monoisotopic (exact) mass is 507 g/mol. The van der Waals surface area contributed by atoms with Crippen LogP contribution in [-0.2, 0) is 15.6 Å². The fourth-order valence-corrected chi connectivity index (χ4v) is 4.34. The number of nitrogens with one attached hydrogen (secondary N) is 1. The van der Waals surface area contributed by atoms with Crippen molar-refractivity contribution in [2.45, 2.75) is 32.1 Å². The summed E-state index contributed by atoms with van der Waals surface area (Å²) in [5.74, 6) is 1.38. The molecule has 4 rings (SSSR count). The van der Waals surface area contributed by atoms with Crippen molar-refractivity contribution in [2.75, 3.05) is 25.5 Å². The predicted octanol–water partition coefficient (Wildman–Crippen LogP) is 5.67. The molecular formula is C27H29N3O5S. The molecule has 0 aliphatic carbocycles. The van der Waals surface area contributed by atoms with Crippen molar-refractivity contribution < 1.29 is 23.5 Å². The van der Waals surface area contributed by atoms with Gasteiger partial charge in [0.15, 0.2) is 0 Å². The van der Waals surface area contributed by atoms with Crippen LogP contribution in [-0.4, -0.2) is 41.9 Å². The summed E-state index contributed by atoms with van der Waals surface area (Å²) in [6.07, 6.45) is 2.32. The number of benzene rings is 2. The second-order valence-corrected chi connectivity index (χ2v) is 9.74. The fourth-order valence-electron chi connectivity index (χ4n) is 3.94. The number of hydrogen-bond donors (Lipinski definition) is 1. The van der Waals surface area contributed by atoms with E-state index < -0.39 is 0 Å². The largest absolute Gasteiger partial charge is 0.457 e. The van der Waals surface area contributed by atoms with Crippen LogP contribution in [0.2, 0.25) is 0 Å². The second-order valence-electron chi connectivity index (χ2n) is 8.96. The van der Waals surface area contributed by atoms with Crippen molar-refractivity contribution in [3.05, 3.63) is 77.0 Å². The van der Waals surface area contributed by atoms with Gasteiger partial charge in [-0.05, 0) is 67.3 Å². The maximum Gasteiger partial charge on any atom is 0.256 e. The van der Waals surface area contributed by atoms with Gasteiger partial charge in [0, 0.05) is 40.9 Å². The van der Waals surface area contributed by atoms with Crippen molar-refractivity contribution in [3.8, 4) is 11.5 Å². The van der Waals surface area contributed by atoms with Crippen LogP contribution in [0.1, 0.15) is 45.7 Å². The Hall–Kier alpha value is -3.40. The van der Waals surface area contributed by atoms with Gasteiger partial charge in [-0.15, -0.1) is 0 Å². The van der Waals surface area contributed by atoms with Gasteiger partial charge in [-0.25, -0.2) is 9.87 Å². The Kier molecular flexibility index (Phi) is 8.25. The molecule has 188 valence electrons. The standard InChI is InChI=1S/C27H29N3O5S/c1-17(2)16-30-12-11-22-23(27(30)32)13-19(26(31)29-25-10-5-18(3)15-28-25)14-24(22)34-20-6-8-21(9-7-20)36-35-33-4/h5-10,13-15,17H,11-12,16H2,1-4H3,(H,28,29,31). The maximum absolute atomic E-state index is 13.4. The van der Waals surface area contributed by atoms with Gasteiger partial charge in [0.05, 0.1) is 19.2 Å². The van der Waals surface area contributed by atoms with Crippen molar-refractivity contribution in [3.63, 3.8) is 0 Å². The first-order valence-corrected chi connectivity index (χ1v) is 12.4. The topological polar surface area (TPSA) is 90.0 Å². The number of aryl methyl sites for hydroxylation is 1. The number of hydrogen-bond acceptors (Lipinski definition) is 7. The summed E-state index contributed by atoms with van der Waals surface area (Å²) < 4.78 is 11.1. The molecule has 2 heterocycles. The average Bonchev–Trinajstić information content (AvgIpc) is 2.86. The van der Waals surface area contributed by atoms with E-state index >= 15 is 0 Å². The molecule has 1 aromatic heterocycles. The highest BCUT2D eigenvalue weighted by atomic mass is 32.2. The molecule has 0 atom stereocenters.